The molecule has 5 nitrogen and oxygen atoms in total. The maximum Gasteiger partial charge on any atom is 0.262 e. The van der Waals surface area contributed by atoms with Crippen molar-refractivity contribution in [2.75, 3.05) is 23.0 Å². The largest absolute Gasteiger partial charge is 0.484 e. The number of thioether (sulfide) groups is 1. The van der Waals surface area contributed by atoms with Gasteiger partial charge in [-0.15, -0.1) is 11.8 Å². The van der Waals surface area contributed by atoms with Gasteiger partial charge in [0.1, 0.15) is 5.75 Å². The topological polar surface area (TPSA) is 67.4 Å². The fourth-order valence-electron chi connectivity index (χ4n) is 2.36. The Morgan fingerprint density at radius 3 is 1.96 bits per heavy atom. The third-order valence-corrected chi connectivity index (χ3v) is 4.69. The number of ether oxygens (including phenoxy) is 1. The average Bonchev–Trinajstić information content (AvgIpc) is 2.73. The molecule has 0 aliphatic carbocycles. The van der Waals surface area contributed by atoms with Gasteiger partial charge in [-0.2, -0.15) is 0 Å². The summed E-state index contributed by atoms with van der Waals surface area (Å²) in [6.45, 7) is -0.0554. The van der Waals surface area contributed by atoms with Crippen LogP contribution in [0.15, 0.2) is 89.8 Å². The molecule has 3 rings (SSSR count). The standard InChI is InChI=1S/C22H20N2O3S/c25-21(15-27-19-9-5-2-6-10-19)23-18-11-13-20(14-12-18)28-16-22(26)24-17-7-3-1-4-8-17/h1-14H,15-16H2,(H,23,25)(H,24,26). The molecule has 142 valence electrons. The van der Waals surface area contributed by atoms with E-state index in [9.17, 15) is 9.59 Å². The monoisotopic (exact) mass is 392 g/mol. The highest BCUT2D eigenvalue weighted by molar-refractivity contribution is 8.00. The van der Waals surface area contributed by atoms with E-state index in [0.29, 0.717) is 17.2 Å². The Kier molecular flexibility index (Phi) is 7.09. The maximum absolute atomic E-state index is 12.0. The van der Waals surface area contributed by atoms with Gasteiger partial charge < -0.3 is 15.4 Å². The number of amides is 2. The summed E-state index contributed by atoms with van der Waals surface area (Å²) < 4.78 is 5.42. The van der Waals surface area contributed by atoms with Crippen molar-refractivity contribution in [1.82, 2.24) is 0 Å². The average molecular weight is 392 g/mol. The van der Waals surface area contributed by atoms with E-state index in [1.165, 1.54) is 11.8 Å². The van der Waals surface area contributed by atoms with E-state index < -0.39 is 0 Å². The van der Waals surface area contributed by atoms with Crippen LogP contribution in [0.3, 0.4) is 0 Å². The second-order valence-corrected chi connectivity index (χ2v) is 6.93. The van der Waals surface area contributed by atoms with Gasteiger partial charge in [-0.05, 0) is 48.5 Å². The molecule has 3 aromatic rings. The third kappa shape index (κ3) is 6.48. The predicted octanol–water partition coefficient (Wildman–Crippen LogP) is 4.43. The Morgan fingerprint density at radius 1 is 0.714 bits per heavy atom. The summed E-state index contributed by atoms with van der Waals surface area (Å²) in [5, 5.41) is 5.63. The lowest BCUT2D eigenvalue weighted by atomic mass is 10.3. The molecule has 0 spiro atoms. The van der Waals surface area contributed by atoms with Crippen LogP contribution < -0.4 is 15.4 Å². The predicted molar refractivity (Wildman–Crippen MR) is 113 cm³/mol. The molecule has 3 aromatic carbocycles. The van der Waals surface area contributed by atoms with Crippen LogP contribution in [-0.2, 0) is 9.59 Å². The van der Waals surface area contributed by atoms with Crippen molar-refractivity contribution < 1.29 is 14.3 Å². The Labute approximate surface area is 168 Å². The molecule has 0 aromatic heterocycles. The lowest BCUT2D eigenvalue weighted by Crippen LogP contribution is -2.20. The molecule has 0 bridgehead atoms. The van der Waals surface area contributed by atoms with Gasteiger partial charge in [-0.1, -0.05) is 36.4 Å². The zero-order valence-corrected chi connectivity index (χ0v) is 15.9. The van der Waals surface area contributed by atoms with Gasteiger partial charge in [0.05, 0.1) is 5.75 Å². The molecular weight excluding hydrogens is 372 g/mol. The van der Waals surface area contributed by atoms with E-state index in [2.05, 4.69) is 10.6 Å². The number of nitrogens with one attached hydrogen (secondary N) is 2. The van der Waals surface area contributed by atoms with Gasteiger partial charge in [0.2, 0.25) is 5.91 Å². The van der Waals surface area contributed by atoms with Crippen LogP contribution in [-0.4, -0.2) is 24.2 Å². The van der Waals surface area contributed by atoms with Gasteiger partial charge in [-0.25, -0.2) is 0 Å². The van der Waals surface area contributed by atoms with Crippen LogP contribution >= 0.6 is 11.8 Å². The van der Waals surface area contributed by atoms with Crippen molar-refractivity contribution in [2.24, 2.45) is 0 Å². The first kappa shape index (κ1) is 19.5. The third-order valence-electron chi connectivity index (χ3n) is 3.68. The van der Waals surface area contributed by atoms with Crippen LogP contribution in [0.1, 0.15) is 0 Å². The molecule has 2 N–H and O–H groups in total. The Bertz CT molecular complexity index is 900. The molecular formula is C22H20N2O3S. The van der Waals surface area contributed by atoms with Crippen LogP contribution in [0.25, 0.3) is 0 Å². The summed E-state index contributed by atoms with van der Waals surface area (Å²) in [4.78, 5) is 24.9. The fourth-order valence-corrected chi connectivity index (χ4v) is 3.06. The van der Waals surface area contributed by atoms with Crippen molar-refractivity contribution in [1.29, 1.82) is 0 Å². The number of carbonyl (C=O) groups is 2. The van der Waals surface area contributed by atoms with E-state index in [4.69, 9.17) is 4.74 Å². The van der Waals surface area contributed by atoms with Crippen LogP contribution in [0.5, 0.6) is 5.75 Å². The first-order valence-corrected chi connectivity index (χ1v) is 9.73. The second-order valence-electron chi connectivity index (χ2n) is 5.88. The summed E-state index contributed by atoms with van der Waals surface area (Å²) >= 11 is 1.43. The Balaban J connectivity index is 1.41. The fraction of sp³-hybridized carbons (Fsp3) is 0.0909. The smallest absolute Gasteiger partial charge is 0.262 e. The van der Waals surface area contributed by atoms with Crippen LogP contribution in [0.2, 0.25) is 0 Å². The second kappa shape index (κ2) is 10.2. The lowest BCUT2D eigenvalue weighted by Gasteiger charge is -2.08. The molecule has 0 heterocycles. The van der Waals surface area contributed by atoms with E-state index in [1.807, 2.05) is 60.7 Å². The quantitative estimate of drug-likeness (QED) is 0.557. The zero-order valence-electron chi connectivity index (χ0n) is 15.1. The minimum atomic E-state index is -0.230. The molecule has 0 saturated carbocycles. The van der Waals surface area contributed by atoms with Crippen LogP contribution in [0, 0.1) is 0 Å². The summed E-state index contributed by atoms with van der Waals surface area (Å²) in [5.41, 5.74) is 1.46. The molecule has 0 radical (unpaired) electrons. The molecule has 0 unspecified atom stereocenters. The minimum Gasteiger partial charge on any atom is -0.484 e. The summed E-state index contributed by atoms with van der Waals surface area (Å²) in [5.74, 6) is 0.669. The zero-order chi connectivity index (χ0) is 19.6. The van der Waals surface area contributed by atoms with E-state index >= 15 is 0 Å². The van der Waals surface area contributed by atoms with Gasteiger partial charge in [0, 0.05) is 16.3 Å². The number of benzene rings is 3. The van der Waals surface area contributed by atoms with Crippen molar-refractivity contribution >= 4 is 35.0 Å². The summed E-state index contributed by atoms with van der Waals surface area (Å²) in [6.07, 6.45) is 0. The summed E-state index contributed by atoms with van der Waals surface area (Å²) in [6, 6.07) is 25.9. The normalized spacial score (nSPS) is 10.1. The van der Waals surface area contributed by atoms with Crippen molar-refractivity contribution in [2.45, 2.75) is 4.90 Å². The first-order valence-electron chi connectivity index (χ1n) is 8.74. The van der Waals surface area contributed by atoms with Gasteiger partial charge >= 0.3 is 0 Å². The highest BCUT2D eigenvalue weighted by atomic mass is 32.2. The van der Waals surface area contributed by atoms with Gasteiger partial charge in [0.15, 0.2) is 6.61 Å². The van der Waals surface area contributed by atoms with Crippen molar-refractivity contribution in [3.8, 4) is 5.75 Å². The van der Waals surface area contributed by atoms with Crippen LogP contribution in [0.4, 0.5) is 11.4 Å². The molecule has 0 atom stereocenters. The number of para-hydroxylation sites is 2. The number of hydrogen-bond acceptors (Lipinski definition) is 4. The van der Waals surface area contributed by atoms with Gasteiger partial charge in [0.25, 0.3) is 5.91 Å². The molecule has 28 heavy (non-hydrogen) atoms. The van der Waals surface area contributed by atoms with Crippen molar-refractivity contribution in [3.63, 3.8) is 0 Å². The molecule has 2 amide bonds. The SMILES string of the molecule is O=C(COc1ccccc1)Nc1ccc(SCC(=O)Nc2ccccc2)cc1. The molecule has 0 aliphatic heterocycles. The Hall–Kier alpha value is -3.25. The molecule has 0 fully saturated rings. The van der Waals surface area contributed by atoms with Gasteiger partial charge in [-0.3, -0.25) is 9.59 Å². The summed E-state index contributed by atoms with van der Waals surface area (Å²) in [7, 11) is 0. The number of anilines is 2. The highest BCUT2D eigenvalue weighted by Crippen LogP contribution is 2.21. The Morgan fingerprint density at radius 2 is 1.29 bits per heavy atom. The number of rotatable bonds is 8. The lowest BCUT2D eigenvalue weighted by molar-refractivity contribution is -0.118. The molecule has 0 aliphatic rings. The molecule has 6 heteroatoms. The maximum atomic E-state index is 12.0. The molecule has 0 saturated heterocycles. The first-order chi connectivity index (χ1) is 13.7. The highest BCUT2D eigenvalue weighted by Gasteiger charge is 2.06. The van der Waals surface area contributed by atoms with E-state index in [0.717, 1.165) is 10.6 Å². The number of carbonyl (C=O) groups excluding carboxylic acids is 2. The number of hydrogen-bond donors (Lipinski definition) is 2. The van der Waals surface area contributed by atoms with Crippen molar-refractivity contribution in [3.05, 3.63) is 84.9 Å². The van der Waals surface area contributed by atoms with E-state index in [1.54, 1.807) is 24.3 Å². The van der Waals surface area contributed by atoms with E-state index in [-0.39, 0.29) is 18.4 Å². The minimum absolute atomic E-state index is 0.0554.